The van der Waals surface area contributed by atoms with Gasteiger partial charge in [-0.3, -0.25) is 4.40 Å². The van der Waals surface area contributed by atoms with Crippen molar-refractivity contribution in [3.05, 3.63) is 84.9 Å². The Kier molecular flexibility index (Phi) is 3.88. The van der Waals surface area contributed by atoms with Gasteiger partial charge in [0.05, 0.1) is 11.7 Å². The molecule has 0 N–H and O–H groups in total. The lowest BCUT2D eigenvalue weighted by atomic mass is 10.1. The van der Waals surface area contributed by atoms with E-state index in [1.165, 1.54) is 12.4 Å². The third kappa shape index (κ3) is 3.13. The van der Waals surface area contributed by atoms with Crippen molar-refractivity contribution in [2.75, 3.05) is 0 Å². The van der Waals surface area contributed by atoms with E-state index in [9.17, 15) is 13.2 Å². The fourth-order valence-electron chi connectivity index (χ4n) is 2.71. The summed E-state index contributed by atoms with van der Waals surface area (Å²) in [4.78, 5) is 3.48. The summed E-state index contributed by atoms with van der Waals surface area (Å²) in [5.41, 5.74) is 1.84. The molecule has 0 amide bonds. The second kappa shape index (κ2) is 6.22. The number of hydrogen-bond acceptors (Lipinski definition) is 2. The summed E-state index contributed by atoms with van der Waals surface area (Å²) in [6.07, 6.45) is -1.85. The zero-order valence-electron chi connectivity index (χ0n) is 13.4. The van der Waals surface area contributed by atoms with Gasteiger partial charge in [0.2, 0.25) is 5.82 Å². The number of nitrogens with zero attached hydrogens (tertiary/aromatic N) is 2. The van der Waals surface area contributed by atoms with Gasteiger partial charge in [-0.1, -0.05) is 36.4 Å². The first kappa shape index (κ1) is 16.2. The van der Waals surface area contributed by atoms with E-state index in [1.54, 1.807) is 24.3 Å². The fourth-order valence-corrected chi connectivity index (χ4v) is 2.71. The molecule has 0 bridgehead atoms. The topological polar surface area (TPSA) is 26.5 Å². The monoisotopic (exact) mass is 354 g/mol. The molecule has 2 aromatic carbocycles. The number of alkyl halides is 3. The summed E-state index contributed by atoms with van der Waals surface area (Å²) in [5.74, 6) is 0.438. The lowest BCUT2D eigenvalue weighted by Crippen LogP contribution is -2.10. The summed E-state index contributed by atoms with van der Waals surface area (Å²) in [6.45, 7) is 0. The molecule has 4 rings (SSSR count). The Labute approximate surface area is 147 Å². The van der Waals surface area contributed by atoms with E-state index in [2.05, 4.69) is 4.98 Å². The number of fused-ring (bicyclic) bond motifs is 1. The van der Waals surface area contributed by atoms with Crippen LogP contribution in [0.25, 0.3) is 16.6 Å². The van der Waals surface area contributed by atoms with Crippen LogP contribution in [-0.4, -0.2) is 9.38 Å². The molecule has 0 aliphatic heterocycles. The lowest BCUT2D eigenvalue weighted by Gasteiger charge is -2.09. The van der Waals surface area contributed by atoms with Crippen molar-refractivity contribution < 1.29 is 17.9 Å². The summed E-state index contributed by atoms with van der Waals surface area (Å²) in [5, 5.41) is 0. The van der Waals surface area contributed by atoms with Crippen LogP contribution in [0, 0.1) is 0 Å². The first-order valence-electron chi connectivity index (χ1n) is 7.88. The summed E-state index contributed by atoms with van der Waals surface area (Å²) in [7, 11) is 0. The van der Waals surface area contributed by atoms with Crippen molar-refractivity contribution in [2.24, 2.45) is 0 Å². The van der Waals surface area contributed by atoms with Crippen LogP contribution in [0.4, 0.5) is 13.2 Å². The van der Waals surface area contributed by atoms with E-state index in [4.69, 9.17) is 4.74 Å². The fraction of sp³-hybridized carbons (Fsp3) is 0.0500. The quantitative estimate of drug-likeness (QED) is 0.464. The Morgan fingerprint density at radius 2 is 1.42 bits per heavy atom. The predicted octanol–water partition coefficient (Wildman–Crippen LogP) is 5.81. The number of hydrogen-bond donors (Lipinski definition) is 0. The van der Waals surface area contributed by atoms with E-state index in [1.807, 2.05) is 42.5 Å². The van der Waals surface area contributed by atoms with Crippen LogP contribution in [0.1, 0.15) is 5.82 Å². The summed E-state index contributed by atoms with van der Waals surface area (Å²) >= 11 is 0. The van der Waals surface area contributed by atoms with Gasteiger partial charge in [0.15, 0.2) is 0 Å². The van der Waals surface area contributed by atoms with Crippen LogP contribution in [0.2, 0.25) is 0 Å². The van der Waals surface area contributed by atoms with Crippen LogP contribution in [0.3, 0.4) is 0 Å². The molecule has 6 heteroatoms. The van der Waals surface area contributed by atoms with Crippen LogP contribution < -0.4 is 4.74 Å². The Morgan fingerprint density at radius 1 is 0.769 bits per heavy atom. The SMILES string of the molecule is FC(F)(F)c1ncc2ccc(-c3ccc(Oc4ccccc4)cc3)cn12. The molecule has 0 saturated heterocycles. The average molecular weight is 354 g/mol. The van der Waals surface area contributed by atoms with Gasteiger partial charge in [-0.15, -0.1) is 0 Å². The second-order valence-corrected chi connectivity index (χ2v) is 5.73. The highest BCUT2D eigenvalue weighted by molar-refractivity contribution is 5.66. The first-order chi connectivity index (χ1) is 12.5. The molecule has 0 spiro atoms. The van der Waals surface area contributed by atoms with E-state index in [-0.39, 0.29) is 0 Å². The number of imidazole rings is 1. The van der Waals surface area contributed by atoms with Crippen molar-refractivity contribution in [2.45, 2.75) is 6.18 Å². The van der Waals surface area contributed by atoms with Crippen LogP contribution in [0.15, 0.2) is 79.1 Å². The molecule has 0 aliphatic rings. The number of aromatic nitrogens is 2. The smallest absolute Gasteiger partial charge is 0.450 e. The third-order valence-corrected chi connectivity index (χ3v) is 3.95. The molecule has 0 saturated carbocycles. The molecule has 4 aromatic rings. The zero-order chi connectivity index (χ0) is 18.1. The van der Waals surface area contributed by atoms with Crippen molar-refractivity contribution >= 4 is 5.52 Å². The number of ether oxygens (including phenoxy) is 1. The van der Waals surface area contributed by atoms with Crippen LogP contribution >= 0.6 is 0 Å². The molecule has 0 radical (unpaired) electrons. The summed E-state index contributed by atoms with van der Waals surface area (Å²) < 4.78 is 45.9. The molecule has 0 fully saturated rings. The van der Waals surface area contributed by atoms with Gasteiger partial charge >= 0.3 is 6.18 Å². The number of pyridine rings is 1. The van der Waals surface area contributed by atoms with Crippen molar-refractivity contribution in [3.8, 4) is 22.6 Å². The van der Waals surface area contributed by atoms with E-state index in [0.29, 0.717) is 16.8 Å². The normalized spacial score (nSPS) is 11.7. The Balaban J connectivity index is 1.65. The van der Waals surface area contributed by atoms with Crippen molar-refractivity contribution in [1.82, 2.24) is 9.38 Å². The van der Waals surface area contributed by atoms with Crippen LogP contribution in [0.5, 0.6) is 11.5 Å². The van der Waals surface area contributed by atoms with Gasteiger partial charge in [-0.25, -0.2) is 4.98 Å². The highest BCUT2D eigenvalue weighted by atomic mass is 19.4. The minimum atomic E-state index is -4.50. The minimum absolute atomic E-state index is 0.394. The van der Waals surface area contributed by atoms with Crippen molar-refractivity contribution in [1.29, 1.82) is 0 Å². The molecule has 3 nitrogen and oxygen atoms in total. The predicted molar refractivity (Wildman–Crippen MR) is 92.1 cm³/mol. The van der Waals surface area contributed by atoms with E-state index >= 15 is 0 Å². The molecular formula is C20H13F3N2O. The van der Waals surface area contributed by atoms with Gasteiger partial charge < -0.3 is 4.74 Å². The molecule has 0 unspecified atom stereocenters. The van der Waals surface area contributed by atoms with Gasteiger partial charge in [0.25, 0.3) is 0 Å². The molecule has 26 heavy (non-hydrogen) atoms. The second-order valence-electron chi connectivity index (χ2n) is 5.73. The Morgan fingerprint density at radius 3 is 2.12 bits per heavy atom. The van der Waals surface area contributed by atoms with Gasteiger partial charge in [-0.05, 0) is 41.5 Å². The molecule has 2 aromatic heterocycles. The average Bonchev–Trinajstić information content (AvgIpc) is 3.07. The number of rotatable bonds is 3. The number of halogens is 3. The largest absolute Gasteiger partial charge is 0.457 e. The first-order valence-corrected chi connectivity index (χ1v) is 7.88. The maximum Gasteiger partial charge on any atom is 0.450 e. The van der Waals surface area contributed by atoms with Crippen LogP contribution in [-0.2, 0) is 6.18 Å². The molecule has 130 valence electrons. The number of para-hydroxylation sites is 1. The minimum Gasteiger partial charge on any atom is -0.457 e. The highest BCUT2D eigenvalue weighted by Crippen LogP contribution is 2.31. The standard InChI is InChI=1S/C20H13F3N2O/c21-20(22,23)19-24-12-16-9-6-15(13-25(16)19)14-7-10-18(11-8-14)26-17-4-2-1-3-5-17/h1-13H. The zero-order valence-corrected chi connectivity index (χ0v) is 13.4. The molecule has 2 heterocycles. The van der Waals surface area contributed by atoms with Crippen molar-refractivity contribution in [3.63, 3.8) is 0 Å². The third-order valence-electron chi connectivity index (χ3n) is 3.95. The molecule has 0 atom stereocenters. The van der Waals surface area contributed by atoms with Gasteiger partial charge in [0.1, 0.15) is 11.5 Å². The van der Waals surface area contributed by atoms with E-state index in [0.717, 1.165) is 15.7 Å². The molecule has 0 aliphatic carbocycles. The molecular weight excluding hydrogens is 341 g/mol. The van der Waals surface area contributed by atoms with Gasteiger partial charge in [0, 0.05) is 6.20 Å². The maximum atomic E-state index is 13.0. The highest BCUT2D eigenvalue weighted by Gasteiger charge is 2.35. The number of benzene rings is 2. The van der Waals surface area contributed by atoms with E-state index < -0.39 is 12.0 Å². The summed E-state index contributed by atoms with van der Waals surface area (Å²) in [6, 6.07) is 19.9. The Bertz CT molecular complexity index is 1040. The Hall–Kier alpha value is -3.28. The lowest BCUT2D eigenvalue weighted by molar-refractivity contribution is -0.145. The maximum absolute atomic E-state index is 13.0. The van der Waals surface area contributed by atoms with Gasteiger partial charge in [-0.2, -0.15) is 13.2 Å².